The average Bonchev–Trinajstić information content (AvgIpc) is 2.49. The van der Waals surface area contributed by atoms with E-state index in [0.717, 1.165) is 43.6 Å². The summed E-state index contributed by atoms with van der Waals surface area (Å²) < 4.78 is 0.634. The molecule has 3 N–H and O–H groups in total. The maximum atomic E-state index is 11.0. The van der Waals surface area contributed by atoms with Gasteiger partial charge in [0.05, 0.1) is 0 Å². The summed E-state index contributed by atoms with van der Waals surface area (Å²) in [6, 6.07) is 3.91. The van der Waals surface area contributed by atoms with Crippen LogP contribution in [0.15, 0.2) is 18.2 Å². The van der Waals surface area contributed by atoms with Gasteiger partial charge in [-0.15, -0.1) is 0 Å². The average molecular weight is 371 g/mol. The van der Waals surface area contributed by atoms with Crippen molar-refractivity contribution >= 4 is 31.5 Å². The van der Waals surface area contributed by atoms with Crippen LogP contribution in [0, 0.1) is 20.2 Å². The van der Waals surface area contributed by atoms with Crippen molar-refractivity contribution in [2.45, 2.75) is 24.5 Å². The molecule has 0 atom stereocenters. The minimum atomic E-state index is -0.613. The Kier molecular flexibility index (Phi) is 8.65. The first kappa shape index (κ1) is 18.5. The van der Waals surface area contributed by atoms with Crippen molar-refractivity contribution in [3.8, 4) is 0 Å². The molecule has 0 aromatic heterocycles. The SMILES string of the molecule is NCCCCNCCC[As]c1ccc([N+](=O)[O-])cc1[N+](=O)[O-]. The number of nitrogens with zero attached hydrogens (tertiary/aromatic N) is 2. The van der Waals surface area contributed by atoms with Crippen molar-refractivity contribution in [2.24, 2.45) is 5.73 Å². The zero-order chi connectivity index (χ0) is 16.4. The van der Waals surface area contributed by atoms with Gasteiger partial charge in [-0.05, 0) is 0 Å². The van der Waals surface area contributed by atoms with Crippen LogP contribution in [0.2, 0.25) is 5.21 Å². The topological polar surface area (TPSA) is 124 Å². The summed E-state index contributed by atoms with van der Waals surface area (Å²) in [7, 11) is 0. The molecule has 1 aromatic carbocycles. The standard InChI is InChI=1S/C13H20AsN4O4/c15-7-1-2-8-16-9-3-6-14-12-5-4-11(17(19)20)10-13(12)18(21)22/h4-5,10,16H,1-3,6-9,15H2. The zero-order valence-corrected chi connectivity index (χ0v) is 14.1. The number of benzene rings is 1. The fourth-order valence-electron chi connectivity index (χ4n) is 1.83. The van der Waals surface area contributed by atoms with E-state index < -0.39 is 9.85 Å². The van der Waals surface area contributed by atoms with Gasteiger partial charge in [0.25, 0.3) is 0 Å². The Morgan fingerprint density at radius 2 is 1.82 bits per heavy atom. The Balaban J connectivity index is 2.42. The number of hydrogen-bond donors (Lipinski definition) is 2. The second kappa shape index (κ2) is 10.3. The molecule has 1 radical (unpaired) electrons. The van der Waals surface area contributed by atoms with Crippen LogP contribution in [0.3, 0.4) is 0 Å². The molecule has 1 aromatic rings. The monoisotopic (exact) mass is 371 g/mol. The van der Waals surface area contributed by atoms with Crippen LogP contribution >= 0.6 is 0 Å². The van der Waals surface area contributed by atoms with Gasteiger partial charge in [0.2, 0.25) is 0 Å². The van der Waals surface area contributed by atoms with E-state index in [1.165, 1.54) is 12.1 Å². The Bertz CT molecular complexity index is 513. The Hall–Kier alpha value is -1.50. The fraction of sp³-hybridized carbons (Fsp3) is 0.538. The van der Waals surface area contributed by atoms with E-state index in [2.05, 4.69) is 5.32 Å². The first-order valence-electron chi connectivity index (χ1n) is 7.07. The molecule has 0 bridgehead atoms. The maximum absolute atomic E-state index is 11.0. The van der Waals surface area contributed by atoms with Gasteiger partial charge in [-0.25, -0.2) is 0 Å². The summed E-state index contributed by atoms with van der Waals surface area (Å²) in [6.45, 7) is 2.52. The second-order valence-corrected chi connectivity index (χ2v) is 7.28. The fourth-order valence-corrected chi connectivity index (χ4v) is 4.02. The third-order valence-corrected chi connectivity index (χ3v) is 5.61. The van der Waals surface area contributed by atoms with Crippen molar-refractivity contribution in [3.05, 3.63) is 38.4 Å². The molecule has 0 heterocycles. The van der Waals surface area contributed by atoms with Crippen LogP contribution in [0.25, 0.3) is 0 Å². The summed E-state index contributed by atoms with van der Waals surface area (Å²) in [5.41, 5.74) is 5.03. The van der Waals surface area contributed by atoms with Gasteiger partial charge in [-0.1, -0.05) is 0 Å². The van der Waals surface area contributed by atoms with Crippen molar-refractivity contribution in [1.29, 1.82) is 0 Å². The van der Waals surface area contributed by atoms with Crippen LogP contribution < -0.4 is 15.4 Å². The molecule has 0 aliphatic heterocycles. The normalized spacial score (nSPS) is 11.1. The van der Waals surface area contributed by atoms with Crippen LogP contribution in [-0.4, -0.2) is 45.2 Å². The Morgan fingerprint density at radius 1 is 1.09 bits per heavy atom. The number of rotatable bonds is 11. The van der Waals surface area contributed by atoms with Crippen molar-refractivity contribution in [1.82, 2.24) is 5.32 Å². The molecule has 0 saturated heterocycles. The molecular weight excluding hydrogens is 351 g/mol. The summed E-state index contributed by atoms with van der Waals surface area (Å²) >= 11 is -0.359. The predicted molar refractivity (Wildman–Crippen MR) is 85.7 cm³/mol. The number of unbranched alkanes of at least 4 members (excludes halogenated alkanes) is 1. The van der Waals surface area contributed by atoms with Crippen LogP contribution in [0.4, 0.5) is 11.4 Å². The molecule has 1 rings (SSSR count). The molecule has 8 nitrogen and oxygen atoms in total. The van der Waals surface area contributed by atoms with Gasteiger partial charge in [0, 0.05) is 0 Å². The van der Waals surface area contributed by atoms with E-state index in [1.807, 2.05) is 0 Å². The number of non-ortho nitro benzene ring substituents is 1. The molecule has 121 valence electrons. The molecule has 0 unspecified atom stereocenters. The molecule has 0 saturated carbocycles. The molecule has 0 aliphatic rings. The quantitative estimate of drug-likeness (QED) is 0.258. The van der Waals surface area contributed by atoms with Gasteiger partial charge < -0.3 is 0 Å². The van der Waals surface area contributed by atoms with Crippen molar-refractivity contribution in [2.75, 3.05) is 19.6 Å². The minimum absolute atomic E-state index is 0.134. The van der Waals surface area contributed by atoms with E-state index in [9.17, 15) is 20.2 Å². The third kappa shape index (κ3) is 6.51. The number of nitro groups is 2. The number of nitrogens with two attached hydrogens (primary N) is 1. The van der Waals surface area contributed by atoms with E-state index in [-0.39, 0.29) is 27.1 Å². The summed E-state index contributed by atoms with van der Waals surface area (Å²) in [5, 5.41) is 25.9. The van der Waals surface area contributed by atoms with Gasteiger partial charge in [0.15, 0.2) is 0 Å². The molecule has 0 aliphatic carbocycles. The Morgan fingerprint density at radius 3 is 2.45 bits per heavy atom. The van der Waals surface area contributed by atoms with Crippen molar-refractivity contribution < 1.29 is 9.85 Å². The van der Waals surface area contributed by atoms with E-state index in [1.54, 1.807) is 0 Å². The van der Waals surface area contributed by atoms with E-state index in [0.29, 0.717) is 10.9 Å². The Labute approximate surface area is 135 Å². The summed E-state index contributed by atoms with van der Waals surface area (Å²) in [5.74, 6) is 0. The molecule has 9 heteroatoms. The molecule has 0 amide bonds. The number of nitrogens with one attached hydrogen (secondary N) is 1. The van der Waals surface area contributed by atoms with E-state index >= 15 is 0 Å². The summed E-state index contributed by atoms with van der Waals surface area (Å²) in [6.07, 6.45) is 3.00. The van der Waals surface area contributed by atoms with Gasteiger partial charge in [0.1, 0.15) is 0 Å². The second-order valence-electron chi connectivity index (χ2n) is 4.67. The first-order valence-corrected chi connectivity index (χ1v) is 9.34. The summed E-state index contributed by atoms with van der Waals surface area (Å²) in [4.78, 5) is 20.5. The number of hydrogen-bond acceptors (Lipinski definition) is 6. The molecule has 0 fully saturated rings. The zero-order valence-electron chi connectivity index (χ0n) is 12.2. The van der Waals surface area contributed by atoms with Crippen LogP contribution in [-0.2, 0) is 0 Å². The number of nitro benzene ring substituents is 2. The van der Waals surface area contributed by atoms with Gasteiger partial charge in [-0.3, -0.25) is 0 Å². The van der Waals surface area contributed by atoms with Crippen LogP contribution in [0.1, 0.15) is 19.3 Å². The first-order chi connectivity index (χ1) is 10.6. The van der Waals surface area contributed by atoms with E-state index in [4.69, 9.17) is 5.73 Å². The van der Waals surface area contributed by atoms with Crippen molar-refractivity contribution in [3.63, 3.8) is 0 Å². The predicted octanol–water partition coefficient (Wildman–Crippen LogP) is 0.969. The third-order valence-electron chi connectivity index (χ3n) is 2.97. The molecule has 0 spiro atoms. The van der Waals surface area contributed by atoms with Gasteiger partial charge in [-0.2, -0.15) is 0 Å². The molecular formula is C13H20AsN4O4. The van der Waals surface area contributed by atoms with Gasteiger partial charge >= 0.3 is 135 Å². The van der Waals surface area contributed by atoms with Crippen LogP contribution in [0.5, 0.6) is 0 Å². The molecule has 22 heavy (non-hydrogen) atoms.